The summed E-state index contributed by atoms with van der Waals surface area (Å²) in [5, 5.41) is 14.5. The van der Waals surface area contributed by atoms with Gasteiger partial charge in [-0.05, 0) is 86.9 Å². The molecule has 2 aliphatic carbocycles. The van der Waals surface area contributed by atoms with Gasteiger partial charge >= 0.3 is 5.97 Å². The molecular formula is C27H31FN2O6. The molecule has 8 nitrogen and oxygen atoms in total. The van der Waals surface area contributed by atoms with Gasteiger partial charge in [-0.25, -0.2) is 4.39 Å². The Kier molecular flexibility index (Phi) is 8.40. The van der Waals surface area contributed by atoms with E-state index in [4.69, 9.17) is 14.6 Å². The summed E-state index contributed by atoms with van der Waals surface area (Å²) < 4.78 is 25.9. The minimum Gasteiger partial charge on any atom is -0.493 e. The highest BCUT2D eigenvalue weighted by Crippen LogP contribution is 2.30. The van der Waals surface area contributed by atoms with E-state index in [0.717, 1.165) is 11.8 Å². The molecule has 3 N–H and O–H groups in total. The van der Waals surface area contributed by atoms with Crippen molar-refractivity contribution in [2.45, 2.75) is 44.6 Å². The van der Waals surface area contributed by atoms with Crippen LogP contribution in [-0.2, 0) is 4.79 Å². The fraction of sp³-hybridized carbons (Fsp3) is 0.444. The van der Waals surface area contributed by atoms with Crippen molar-refractivity contribution in [2.24, 2.45) is 11.8 Å². The third-order valence-corrected chi connectivity index (χ3v) is 6.51. The van der Waals surface area contributed by atoms with Gasteiger partial charge in [-0.3, -0.25) is 14.4 Å². The van der Waals surface area contributed by atoms with E-state index in [1.165, 1.54) is 25.0 Å². The Morgan fingerprint density at radius 1 is 0.861 bits per heavy atom. The van der Waals surface area contributed by atoms with Crippen LogP contribution in [0.3, 0.4) is 0 Å². The summed E-state index contributed by atoms with van der Waals surface area (Å²) in [6.07, 6.45) is 4.27. The number of benzene rings is 2. The van der Waals surface area contributed by atoms with Crippen LogP contribution in [0.5, 0.6) is 11.5 Å². The lowest BCUT2D eigenvalue weighted by Gasteiger charge is -2.27. The molecule has 2 fully saturated rings. The Morgan fingerprint density at radius 2 is 1.47 bits per heavy atom. The fourth-order valence-corrected chi connectivity index (χ4v) is 4.10. The minimum absolute atomic E-state index is 0.0431. The van der Waals surface area contributed by atoms with E-state index in [1.807, 2.05) is 0 Å². The third-order valence-electron chi connectivity index (χ3n) is 6.51. The van der Waals surface area contributed by atoms with Gasteiger partial charge in [0, 0.05) is 24.2 Å². The first-order valence-electron chi connectivity index (χ1n) is 12.4. The number of carboxylic acids is 1. The van der Waals surface area contributed by atoms with Gasteiger partial charge in [0.1, 0.15) is 5.75 Å². The van der Waals surface area contributed by atoms with E-state index >= 15 is 0 Å². The van der Waals surface area contributed by atoms with Gasteiger partial charge in [0.15, 0.2) is 11.6 Å². The van der Waals surface area contributed by atoms with Crippen molar-refractivity contribution in [2.75, 3.05) is 19.7 Å². The van der Waals surface area contributed by atoms with Gasteiger partial charge in [0.05, 0.1) is 18.6 Å². The van der Waals surface area contributed by atoms with Crippen molar-refractivity contribution in [1.29, 1.82) is 0 Å². The van der Waals surface area contributed by atoms with Crippen LogP contribution in [0.2, 0.25) is 0 Å². The summed E-state index contributed by atoms with van der Waals surface area (Å²) in [7, 11) is 0. The first-order valence-corrected chi connectivity index (χ1v) is 12.4. The topological polar surface area (TPSA) is 114 Å². The summed E-state index contributed by atoms with van der Waals surface area (Å²) >= 11 is 0. The molecule has 9 heteroatoms. The van der Waals surface area contributed by atoms with E-state index < -0.39 is 17.7 Å². The number of hydrogen-bond acceptors (Lipinski definition) is 5. The molecule has 0 atom stereocenters. The third kappa shape index (κ3) is 7.19. The quantitative estimate of drug-likeness (QED) is 0.406. The maximum Gasteiger partial charge on any atom is 0.306 e. The maximum absolute atomic E-state index is 14.5. The molecule has 2 amide bonds. The number of nitrogens with one attached hydrogen (secondary N) is 2. The first-order chi connectivity index (χ1) is 17.4. The van der Waals surface area contributed by atoms with E-state index in [2.05, 4.69) is 10.6 Å². The van der Waals surface area contributed by atoms with Crippen LogP contribution in [0.4, 0.5) is 4.39 Å². The molecule has 0 saturated heterocycles. The van der Waals surface area contributed by atoms with Crippen molar-refractivity contribution in [1.82, 2.24) is 10.6 Å². The highest BCUT2D eigenvalue weighted by molar-refractivity contribution is 5.95. The van der Waals surface area contributed by atoms with Crippen LogP contribution in [0.25, 0.3) is 0 Å². The van der Waals surface area contributed by atoms with Crippen LogP contribution in [-0.4, -0.2) is 48.7 Å². The number of aliphatic carboxylic acids is 1. The Balaban J connectivity index is 1.17. The zero-order valence-corrected chi connectivity index (χ0v) is 20.0. The minimum atomic E-state index is -0.808. The van der Waals surface area contributed by atoms with Gasteiger partial charge in [0.2, 0.25) is 0 Å². The van der Waals surface area contributed by atoms with E-state index in [9.17, 15) is 18.8 Å². The van der Waals surface area contributed by atoms with Gasteiger partial charge in [-0.15, -0.1) is 0 Å². The molecule has 2 saturated carbocycles. The van der Waals surface area contributed by atoms with Gasteiger partial charge < -0.3 is 25.2 Å². The first kappa shape index (κ1) is 25.5. The molecule has 0 spiro atoms. The number of rotatable bonds is 11. The average molecular weight is 499 g/mol. The molecule has 0 aromatic heterocycles. The number of carbonyl (C=O) groups excluding carboxylic acids is 2. The molecule has 0 heterocycles. The second kappa shape index (κ2) is 11.9. The number of carboxylic acid groups (broad SMARTS) is 1. The normalized spacial score (nSPS) is 19.2. The molecule has 0 aliphatic heterocycles. The summed E-state index contributed by atoms with van der Waals surface area (Å²) in [6, 6.07) is 10.9. The number of hydrogen-bond donors (Lipinski definition) is 3. The van der Waals surface area contributed by atoms with Crippen LogP contribution < -0.4 is 20.1 Å². The Morgan fingerprint density at radius 3 is 2.06 bits per heavy atom. The maximum atomic E-state index is 14.5. The molecule has 4 rings (SSSR count). The SMILES string of the molecule is O=C(NCCNC(=O)c1ccc(O[C@H]2CC[C@@H](C(=O)O)CC2)c(F)c1)c1ccc(OCC2CC2)cc1. The molecule has 0 radical (unpaired) electrons. The van der Waals surface area contributed by atoms with Crippen molar-refractivity contribution >= 4 is 17.8 Å². The van der Waals surface area contributed by atoms with Crippen molar-refractivity contribution in [3.63, 3.8) is 0 Å². The zero-order chi connectivity index (χ0) is 25.5. The largest absolute Gasteiger partial charge is 0.493 e. The molecule has 36 heavy (non-hydrogen) atoms. The molecule has 192 valence electrons. The molecular weight excluding hydrogens is 467 g/mol. The summed E-state index contributed by atoms with van der Waals surface area (Å²) in [4.78, 5) is 35.7. The lowest BCUT2D eigenvalue weighted by molar-refractivity contribution is -0.143. The van der Waals surface area contributed by atoms with E-state index in [-0.39, 0.29) is 42.3 Å². The van der Waals surface area contributed by atoms with Gasteiger partial charge in [-0.2, -0.15) is 0 Å². The Labute approximate surface area is 209 Å². The number of amides is 2. The molecule has 2 aromatic rings. The highest BCUT2D eigenvalue weighted by atomic mass is 19.1. The summed E-state index contributed by atoms with van der Waals surface area (Å²) in [5.74, 6) is -1.12. The van der Waals surface area contributed by atoms with E-state index in [1.54, 1.807) is 24.3 Å². The highest BCUT2D eigenvalue weighted by Gasteiger charge is 2.27. The molecule has 2 aromatic carbocycles. The lowest BCUT2D eigenvalue weighted by atomic mass is 9.87. The Bertz CT molecular complexity index is 1080. The van der Waals surface area contributed by atoms with Crippen LogP contribution in [0, 0.1) is 17.7 Å². The van der Waals surface area contributed by atoms with Crippen molar-refractivity contribution in [3.05, 3.63) is 59.4 Å². The van der Waals surface area contributed by atoms with Gasteiger partial charge in [-0.1, -0.05) is 0 Å². The molecule has 0 unspecified atom stereocenters. The van der Waals surface area contributed by atoms with Crippen LogP contribution in [0.15, 0.2) is 42.5 Å². The van der Waals surface area contributed by atoms with Crippen LogP contribution >= 0.6 is 0 Å². The van der Waals surface area contributed by atoms with Crippen molar-refractivity contribution in [3.8, 4) is 11.5 Å². The summed E-state index contributed by atoms with van der Waals surface area (Å²) in [5.41, 5.74) is 0.636. The smallest absolute Gasteiger partial charge is 0.306 e. The second-order valence-electron chi connectivity index (χ2n) is 9.37. The summed E-state index contributed by atoms with van der Waals surface area (Å²) in [6.45, 7) is 1.10. The number of halogens is 1. The average Bonchev–Trinajstić information content (AvgIpc) is 3.71. The van der Waals surface area contributed by atoms with Crippen LogP contribution in [0.1, 0.15) is 59.2 Å². The number of ether oxygens (including phenoxy) is 2. The number of carbonyl (C=O) groups is 3. The standard InChI is InChI=1S/C27H31FN2O6/c28-23-15-20(7-12-24(23)36-22-10-5-19(6-11-22)27(33)34)26(32)30-14-13-29-25(31)18-3-8-21(9-4-18)35-16-17-1-2-17/h3-4,7-9,12,15,17,19,22H,1-2,5-6,10-11,13-14,16H2,(H,29,31)(H,30,32)(H,33,34)/t19-,22+. The van der Waals surface area contributed by atoms with E-state index in [0.29, 0.717) is 43.8 Å². The molecule has 0 bridgehead atoms. The molecule has 2 aliphatic rings. The lowest BCUT2D eigenvalue weighted by Crippen LogP contribution is -2.34. The predicted molar refractivity (Wildman–Crippen MR) is 130 cm³/mol. The zero-order valence-electron chi connectivity index (χ0n) is 20.0. The predicted octanol–water partition coefficient (Wildman–Crippen LogP) is 3.80. The fourth-order valence-electron chi connectivity index (χ4n) is 4.10. The second-order valence-corrected chi connectivity index (χ2v) is 9.37. The monoisotopic (exact) mass is 498 g/mol. The van der Waals surface area contributed by atoms with Crippen molar-refractivity contribution < 1.29 is 33.4 Å². The van der Waals surface area contributed by atoms with Gasteiger partial charge in [0.25, 0.3) is 11.8 Å². The Hall–Kier alpha value is -3.62.